The van der Waals surface area contributed by atoms with Gasteiger partial charge in [-0.2, -0.15) is 0 Å². The van der Waals surface area contributed by atoms with Crippen molar-refractivity contribution in [3.05, 3.63) is 60.2 Å². The van der Waals surface area contributed by atoms with Crippen LogP contribution in [0.5, 0.6) is 0 Å². The van der Waals surface area contributed by atoms with Crippen LogP contribution in [0.25, 0.3) is 11.1 Å². The minimum Gasteiger partial charge on any atom is -0.391 e. The number of carbonyl (C=O) groups is 1. The molecule has 0 fully saturated rings. The topological polar surface area (TPSA) is 58.6 Å². The standard InChI is InChI=1S/C21H27NO3/c1-21(2,20(24)22-14-13-19(23)15-25-3)18-11-9-17(10-12-18)16-7-5-4-6-8-16/h4-12,19,23H,13-15H2,1-3H3,(H,22,24). The highest BCUT2D eigenvalue weighted by Gasteiger charge is 2.29. The molecule has 134 valence electrons. The van der Waals surface area contributed by atoms with Crippen LogP contribution < -0.4 is 5.32 Å². The summed E-state index contributed by atoms with van der Waals surface area (Å²) in [5.41, 5.74) is 2.61. The SMILES string of the molecule is COCC(O)CCNC(=O)C(C)(C)c1ccc(-c2ccccc2)cc1. The monoisotopic (exact) mass is 341 g/mol. The number of hydrogen-bond acceptors (Lipinski definition) is 3. The molecule has 1 unspecified atom stereocenters. The molecule has 2 aromatic carbocycles. The van der Waals surface area contributed by atoms with E-state index in [1.165, 1.54) is 0 Å². The normalized spacial score (nSPS) is 12.6. The average Bonchev–Trinajstić information content (AvgIpc) is 2.62. The lowest BCUT2D eigenvalue weighted by Crippen LogP contribution is -2.41. The molecule has 0 saturated heterocycles. The molecule has 0 heterocycles. The van der Waals surface area contributed by atoms with Gasteiger partial charge in [0.05, 0.1) is 18.1 Å². The first kappa shape index (κ1) is 19.2. The maximum Gasteiger partial charge on any atom is 0.230 e. The van der Waals surface area contributed by atoms with E-state index < -0.39 is 11.5 Å². The first-order chi connectivity index (χ1) is 11.9. The van der Waals surface area contributed by atoms with Gasteiger partial charge in [0.15, 0.2) is 0 Å². The zero-order valence-corrected chi connectivity index (χ0v) is 15.2. The van der Waals surface area contributed by atoms with Gasteiger partial charge in [0.25, 0.3) is 0 Å². The largest absolute Gasteiger partial charge is 0.391 e. The van der Waals surface area contributed by atoms with Gasteiger partial charge >= 0.3 is 0 Å². The van der Waals surface area contributed by atoms with Gasteiger partial charge in [-0.15, -0.1) is 0 Å². The van der Waals surface area contributed by atoms with Crippen LogP contribution in [-0.4, -0.2) is 37.4 Å². The van der Waals surface area contributed by atoms with Gasteiger partial charge in [0.2, 0.25) is 5.91 Å². The molecule has 0 aliphatic rings. The zero-order chi connectivity index (χ0) is 18.3. The summed E-state index contributed by atoms with van der Waals surface area (Å²) in [6.45, 7) is 4.52. The Labute approximate surface area is 149 Å². The lowest BCUT2D eigenvalue weighted by Gasteiger charge is -2.25. The lowest BCUT2D eigenvalue weighted by atomic mass is 9.83. The van der Waals surface area contributed by atoms with Crippen molar-refractivity contribution in [1.82, 2.24) is 5.32 Å². The van der Waals surface area contributed by atoms with Crippen molar-refractivity contribution in [2.24, 2.45) is 0 Å². The van der Waals surface area contributed by atoms with Gasteiger partial charge in [-0.05, 0) is 37.0 Å². The molecule has 1 atom stereocenters. The Bertz CT molecular complexity index is 665. The fraction of sp³-hybridized carbons (Fsp3) is 0.381. The molecule has 4 heteroatoms. The fourth-order valence-corrected chi connectivity index (χ4v) is 2.69. The van der Waals surface area contributed by atoms with Crippen LogP contribution in [0.15, 0.2) is 54.6 Å². The Morgan fingerprint density at radius 3 is 2.28 bits per heavy atom. The quantitative estimate of drug-likeness (QED) is 0.775. The second-order valence-electron chi connectivity index (χ2n) is 6.72. The third kappa shape index (κ3) is 5.15. The summed E-state index contributed by atoms with van der Waals surface area (Å²) in [5, 5.41) is 12.5. The summed E-state index contributed by atoms with van der Waals surface area (Å²) in [6.07, 6.45) is -0.0821. The number of rotatable bonds is 8. The van der Waals surface area contributed by atoms with Crippen molar-refractivity contribution in [3.63, 3.8) is 0 Å². The number of ether oxygens (including phenoxy) is 1. The van der Waals surface area contributed by atoms with E-state index in [1.54, 1.807) is 7.11 Å². The van der Waals surface area contributed by atoms with Gasteiger partial charge < -0.3 is 15.2 Å². The van der Waals surface area contributed by atoms with Gasteiger partial charge in [-0.3, -0.25) is 4.79 Å². The maximum atomic E-state index is 12.5. The Morgan fingerprint density at radius 2 is 1.68 bits per heavy atom. The number of aliphatic hydroxyl groups is 1. The number of aliphatic hydroxyl groups excluding tert-OH is 1. The summed E-state index contributed by atoms with van der Waals surface area (Å²) < 4.78 is 4.88. The van der Waals surface area contributed by atoms with E-state index in [9.17, 15) is 9.90 Å². The number of hydrogen-bond donors (Lipinski definition) is 2. The number of nitrogens with one attached hydrogen (secondary N) is 1. The van der Waals surface area contributed by atoms with E-state index in [0.717, 1.165) is 16.7 Å². The second-order valence-corrected chi connectivity index (χ2v) is 6.72. The van der Waals surface area contributed by atoms with E-state index in [1.807, 2.05) is 56.3 Å². The molecule has 0 aliphatic carbocycles. The van der Waals surface area contributed by atoms with Crippen molar-refractivity contribution >= 4 is 5.91 Å². The van der Waals surface area contributed by atoms with Gasteiger partial charge in [-0.1, -0.05) is 54.6 Å². The van der Waals surface area contributed by atoms with E-state index in [2.05, 4.69) is 17.4 Å². The lowest BCUT2D eigenvalue weighted by molar-refractivity contribution is -0.125. The first-order valence-electron chi connectivity index (χ1n) is 8.56. The highest BCUT2D eigenvalue weighted by Crippen LogP contribution is 2.27. The van der Waals surface area contributed by atoms with Crippen molar-refractivity contribution < 1.29 is 14.6 Å². The molecular weight excluding hydrogens is 314 g/mol. The summed E-state index contributed by atoms with van der Waals surface area (Å²) in [6, 6.07) is 18.2. The van der Waals surface area contributed by atoms with Gasteiger partial charge in [0.1, 0.15) is 0 Å². The predicted molar refractivity (Wildman–Crippen MR) is 100 cm³/mol. The molecule has 25 heavy (non-hydrogen) atoms. The Morgan fingerprint density at radius 1 is 1.08 bits per heavy atom. The third-order valence-corrected chi connectivity index (χ3v) is 4.40. The molecular formula is C21H27NO3. The van der Waals surface area contributed by atoms with Crippen LogP contribution in [0.1, 0.15) is 25.8 Å². The number of carbonyl (C=O) groups excluding carboxylic acids is 1. The van der Waals surface area contributed by atoms with Crippen LogP contribution in [0.4, 0.5) is 0 Å². The summed E-state index contributed by atoms with van der Waals surface area (Å²) in [4.78, 5) is 12.5. The molecule has 2 aromatic rings. The number of benzene rings is 2. The van der Waals surface area contributed by atoms with Crippen LogP contribution in [0.2, 0.25) is 0 Å². The van der Waals surface area contributed by atoms with E-state index in [4.69, 9.17) is 4.74 Å². The molecule has 2 rings (SSSR count). The van der Waals surface area contributed by atoms with E-state index in [0.29, 0.717) is 13.0 Å². The molecule has 2 N–H and O–H groups in total. The van der Waals surface area contributed by atoms with Gasteiger partial charge in [0, 0.05) is 13.7 Å². The zero-order valence-electron chi connectivity index (χ0n) is 15.2. The third-order valence-electron chi connectivity index (χ3n) is 4.40. The first-order valence-corrected chi connectivity index (χ1v) is 8.56. The van der Waals surface area contributed by atoms with Crippen molar-refractivity contribution in [2.45, 2.75) is 31.8 Å². The summed E-state index contributed by atoms with van der Waals surface area (Å²) in [5.74, 6) is -0.0513. The highest BCUT2D eigenvalue weighted by atomic mass is 16.5. The van der Waals surface area contributed by atoms with E-state index in [-0.39, 0.29) is 12.5 Å². The Kier molecular flexibility index (Phi) is 6.73. The summed E-state index contributed by atoms with van der Waals surface area (Å²) in [7, 11) is 1.55. The fourth-order valence-electron chi connectivity index (χ4n) is 2.69. The predicted octanol–water partition coefficient (Wildman–Crippen LogP) is 3.14. The molecule has 0 bridgehead atoms. The second kappa shape index (κ2) is 8.79. The molecule has 4 nitrogen and oxygen atoms in total. The minimum atomic E-state index is -0.637. The maximum absolute atomic E-state index is 12.5. The van der Waals surface area contributed by atoms with Crippen molar-refractivity contribution in [1.29, 1.82) is 0 Å². The van der Waals surface area contributed by atoms with Crippen LogP contribution in [0.3, 0.4) is 0 Å². The minimum absolute atomic E-state index is 0.0513. The average molecular weight is 341 g/mol. The van der Waals surface area contributed by atoms with Crippen LogP contribution in [-0.2, 0) is 14.9 Å². The molecule has 0 saturated carbocycles. The molecule has 0 aromatic heterocycles. The van der Waals surface area contributed by atoms with Crippen molar-refractivity contribution in [3.8, 4) is 11.1 Å². The highest BCUT2D eigenvalue weighted by molar-refractivity contribution is 5.87. The van der Waals surface area contributed by atoms with Gasteiger partial charge in [-0.25, -0.2) is 0 Å². The number of amides is 1. The Hall–Kier alpha value is -2.17. The molecule has 0 spiro atoms. The van der Waals surface area contributed by atoms with Crippen LogP contribution in [0, 0.1) is 0 Å². The molecule has 1 amide bonds. The Balaban J connectivity index is 1.99. The number of methoxy groups -OCH3 is 1. The van der Waals surface area contributed by atoms with Crippen molar-refractivity contribution in [2.75, 3.05) is 20.3 Å². The molecule has 0 aliphatic heterocycles. The smallest absolute Gasteiger partial charge is 0.230 e. The van der Waals surface area contributed by atoms with E-state index >= 15 is 0 Å². The van der Waals surface area contributed by atoms with Crippen LogP contribution >= 0.6 is 0 Å². The summed E-state index contributed by atoms with van der Waals surface area (Å²) >= 11 is 0. The molecule has 0 radical (unpaired) electrons.